The standard InChI is InChI=1S/C8H16N2O2/c1-5(2)7(6(3)11)10-8(12)9-4/h5,7H,1-4H3,(H2,9,10,12). The first kappa shape index (κ1) is 10.9. The van der Waals surface area contributed by atoms with Crippen molar-refractivity contribution in [2.45, 2.75) is 26.8 Å². The number of urea groups is 1. The van der Waals surface area contributed by atoms with Crippen LogP contribution in [0.1, 0.15) is 20.8 Å². The van der Waals surface area contributed by atoms with E-state index in [0.717, 1.165) is 0 Å². The summed E-state index contributed by atoms with van der Waals surface area (Å²) in [5.41, 5.74) is 0. The van der Waals surface area contributed by atoms with Crippen LogP contribution < -0.4 is 10.6 Å². The summed E-state index contributed by atoms with van der Waals surface area (Å²) in [4.78, 5) is 21.9. The molecule has 0 fully saturated rings. The first-order chi connectivity index (χ1) is 5.49. The van der Waals surface area contributed by atoms with Gasteiger partial charge in [0.15, 0.2) is 5.78 Å². The molecule has 0 aromatic carbocycles. The number of hydrogen-bond acceptors (Lipinski definition) is 2. The molecule has 0 saturated carbocycles. The van der Waals surface area contributed by atoms with Gasteiger partial charge in [-0.05, 0) is 12.8 Å². The van der Waals surface area contributed by atoms with E-state index in [2.05, 4.69) is 10.6 Å². The van der Waals surface area contributed by atoms with E-state index in [4.69, 9.17) is 0 Å². The van der Waals surface area contributed by atoms with Crippen molar-refractivity contribution in [1.82, 2.24) is 10.6 Å². The van der Waals surface area contributed by atoms with Gasteiger partial charge < -0.3 is 10.6 Å². The minimum atomic E-state index is -0.384. The summed E-state index contributed by atoms with van der Waals surface area (Å²) in [6.45, 7) is 5.25. The molecule has 0 radical (unpaired) electrons. The van der Waals surface area contributed by atoms with E-state index in [1.807, 2.05) is 13.8 Å². The Hall–Kier alpha value is -1.06. The van der Waals surface area contributed by atoms with Gasteiger partial charge in [0.2, 0.25) is 0 Å². The zero-order valence-corrected chi connectivity index (χ0v) is 7.97. The van der Waals surface area contributed by atoms with Crippen molar-refractivity contribution in [2.75, 3.05) is 7.05 Å². The van der Waals surface area contributed by atoms with Crippen LogP contribution in [-0.4, -0.2) is 24.9 Å². The van der Waals surface area contributed by atoms with E-state index >= 15 is 0 Å². The van der Waals surface area contributed by atoms with Crippen molar-refractivity contribution >= 4 is 11.8 Å². The molecule has 0 spiro atoms. The average Bonchev–Trinajstić information content (AvgIpc) is 1.98. The molecule has 4 heteroatoms. The van der Waals surface area contributed by atoms with Gasteiger partial charge in [0, 0.05) is 7.05 Å². The first-order valence-electron chi connectivity index (χ1n) is 3.97. The third kappa shape index (κ3) is 3.37. The number of Topliss-reactive ketones (excluding diaryl/α,β-unsaturated/α-hetero) is 1. The fraction of sp³-hybridized carbons (Fsp3) is 0.750. The number of ketones is 1. The third-order valence-electron chi connectivity index (χ3n) is 1.62. The maximum absolute atomic E-state index is 11.0. The van der Waals surface area contributed by atoms with E-state index in [0.29, 0.717) is 0 Å². The highest BCUT2D eigenvalue weighted by atomic mass is 16.2. The predicted molar refractivity (Wildman–Crippen MR) is 46.9 cm³/mol. The SMILES string of the molecule is CNC(=O)NC(C(C)=O)C(C)C. The smallest absolute Gasteiger partial charge is 0.315 e. The van der Waals surface area contributed by atoms with E-state index in [1.165, 1.54) is 14.0 Å². The molecule has 12 heavy (non-hydrogen) atoms. The Bertz CT molecular complexity index is 178. The van der Waals surface area contributed by atoms with Gasteiger partial charge in [-0.15, -0.1) is 0 Å². The summed E-state index contributed by atoms with van der Waals surface area (Å²) in [6.07, 6.45) is 0. The van der Waals surface area contributed by atoms with Gasteiger partial charge in [-0.3, -0.25) is 4.79 Å². The zero-order chi connectivity index (χ0) is 9.72. The predicted octanol–water partition coefficient (Wildman–Crippen LogP) is 0.529. The van der Waals surface area contributed by atoms with Crippen LogP contribution in [0.2, 0.25) is 0 Å². The van der Waals surface area contributed by atoms with Gasteiger partial charge in [-0.25, -0.2) is 4.79 Å². The summed E-state index contributed by atoms with van der Waals surface area (Å²) >= 11 is 0. The largest absolute Gasteiger partial charge is 0.341 e. The Balaban J connectivity index is 4.14. The van der Waals surface area contributed by atoms with E-state index in [-0.39, 0.29) is 23.8 Å². The van der Waals surface area contributed by atoms with Crippen molar-refractivity contribution in [3.05, 3.63) is 0 Å². The molecule has 1 atom stereocenters. The maximum atomic E-state index is 11.0. The molecule has 0 aromatic heterocycles. The second-order valence-electron chi connectivity index (χ2n) is 3.06. The Labute approximate surface area is 72.7 Å². The third-order valence-corrected chi connectivity index (χ3v) is 1.62. The Morgan fingerprint density at radius 3 is 2.00 bits per heavy atom. The number of nitrogens with one attached hydrogen (secondary N) is 2. The Morgan fingerprint density at radius 2 is 1.75 bits per heavy atom. The number of hydrogen-bond donors (Lipinski definition) is 2. The molecule has 0 bridgehead atoms. The molecule has 2 N–H and O–H groups in total. The number of rotatable bonds is 3. The number of carbonyl (C=O) groups excluding carboxylic acids is 2. The highest BCUT2D eigenvalue weighted by molar-refractivity contribution is 5.86. The van der Waals surface area contributed by atoms with Crippen LogP contribution in [0.15, 0.2) is 0 Å². The van der Waals surface area contributed by atoms with Gasteiger partial charge >= 0.3 is 6.03 Å². The topological polar surface area (TPSA) is 58.2 Å². The molecule has 0 aliphatic rings. The van der Waals surface area contributed by atoms with Crippen LogP contribution in [0.4, 0.5) is 4.79 Å². The molecule has 2 amide bonds. The molecule has 0 heterocycles. The molecule has 0 aliphatic heterocycles. The normalized spacial score (nSPS) is 12.4. The van der Waals surface area contributed by atoms with E-state index < -0.39 is 0 Å². The summed E-state index contributed by atoms with van der Waals surface area (Å²) in [5, 5.41) is 4.97. The highest BCUT2D eigenvalue weighted by Gasteiger charge is 2.19. The fourth-order valence-corrected chi connectivity index (χ4v) is 0.951. The van der Waals surface area contributed by atoms with E-state index in [1.54, 1.807) is 0 Å². The quantitative estimate of drug-likeness (QED) is 0.652. The van der Waals surface area contributed by atoms with Crippen LogP contribution in [0.25, 0.3) is 0 Å². The molecule has 0 rings (SSSR count). The Kier molecular flexibility index (Phi) is 4.33. The zero-order valence-electron chi connectivity index (χ0n) is 7.97. The lowest BCUT2D eigenvalue weighted by molar-refractivity contribution is -0.119. The summed E-state index contributed by atoms with van der Waals surface area (Å²) in [6, 6.07) is -0.700. The highest BCUT2D eigenvalue weighted by Crippen LogP contribution is 2.01. The number of amides is 2. The summed E-state index contributed by atoms with van der Waals surface area (Å²) in [7, 11) is 1.52. The van der Waals surface area contributed by atoms with Gasteiger partial charge in [-0.1, -0.05) is 13.8 Å². The van der Waals surface area contributed by atoms with Crippen molar-refractivity contribution in [1.29, 1.82) is 0 Å². The second kappa shape index (κ2) is 4.74. The van der Waals surface area contributed by atoms with Crippen molar-refractivity contribution in [3.8, 4) is 0 Å². The lowest BCUT2D eigenvalue weighted by Gasteiger charge is -2.18. The summed E-state index contributed by atoms with van der Waals surface area (Å²) in [5.74, 6) is 0.105. The van der Waals surface area contributed by atoms with Crippen molar-refractivity contribution in [3.63, 3.8) is 0 Å². The van der Waals surface area contributed by atoms with Crippen LogP contribution in [0.3, 0.4) is 0 Å². The van der Waals surface area contributed by atoms with Crippen LogP contribution in [0, 0.1) is 5.92 Å². The average molecular weight is 172 g/mol. The monoisotopic (exact) mass is 172 g/mol. The number of carbonyl (C=O) groups is 2. The van der Waals surface area contributed by atoms with Crippen LogP contribution in [0.5, 0.6) is 0 Å². The van der Waals surface area contributed by atoms with Crippen LogP contribution >= 0.6 is 0 Å². The van der Waals surface area contributed by atoms with Gasteiger partial charge in [0.25, 0.3) is 0 Å². The molecular formula is C8H16N2O2. The molecule has 0 saturated heterocycles. The first-order valence-corrected chi connectivity index (χ1v) is 3.97. The molecule has 0 aromatic rings. The lowest BCUT2D eigenvalue weighted by Crippen LogP contribution is -2.46. The fourth-order valence-electron chi connectivity index (χ4n) is 0.951. The minimum absolute atomic E-state index is 0.0198. The second-order valence-corrected chi connectivity index (χ2v) is 3.06. The summed E-state index contributed by atoms with van der Waals surface area (Å²) < 4.78 is 0. The Morgan fingerprint density at radius 1 is 1.25 bits per heavy atom. The molecule has 70 valence electrons. The maximum Gasteiger partial charge on any atom is 0.315 e. The molecular weight excluding hydrogens is 156 g/mol. The van der Waals surface area contributed by atoms with Crippen molar-refractivity contribution in [2.24, 2.45) is 5.92 Å². The van der Waals surface area contributed by atoms with E-state index in [9.17, 15) is 9.59 Å². The molecule has 1 unspecified atom stereocenters. The minimum Gasteiger partial charge on any atom is -0.341 e. The molecule has 0 aliphatic carbocycles. The lowest BCUT2D eigenvalue weighted by atomic mass is 10.0. The van der Waals surface area contributed by atoms with Crippen LogP contribution in [-0.2, 0) is 4.79 Å². The van der Waals surface area contributed by atoms with Gasteiger partial charge in [-0.2, -0.15) is 0 Å². The molecule has 4 nitrogen and oxygen atoms in total. The van der Waals surface area contributed by atoms with Gasteiger partial charge in [0.05, 0.1) is 6.04 Å². The van der Waals surface area contributed by atoms with Gasteiger partial charge in [0.1, 0.15) is 0 Å². The van der Waals surface area contributed by atoms with Crippen molar-refractivity contribution < 1.29 is 9.59 Å².